The van der Waals surface area contributed by atoms with E-state index >= 15 is 0 Å². The number of aryl methyl sites for hydroxylation is 2. The summed E-state index contributed by atoms with van der Waals surface area (Å²) in [5.74, 6) is 0. The van der Waals surface area contributed by atoms with E-state index in [-0.39, 0.29) is 6.04 Å². The molecule has 2 nitrogen and oxygen atoms in total. The molecule has 0 radical (unpaired) electrons. The van der Waals surface area contributed by atoms with Crippen LogP contribution in [-0.2, 0) is 6.42 Å². The average molecular weight is 255 g/mol. The van der Waals surface area contributed by atoms with Gasteiger partial charge in [-0.15, -0.1) is 0 Å². The summed E-state index contributed by atoms with van der Waals surface area (Å²) in [4.78, 5) is 0. The lowest BCUT2D eigenvalue weighted by Crippen LogP contribution is -2.31. The number of rotatable bonds is 4. The van der Waals surface area contributed by atoms with Gasteiger partial charge in [-0.05, 0) is 37.0 Å². The third-order valence-electron chi connectivity index (χ3n) is 3.46. The summed E-state index contributed by atoms with van der Waals surface area (Å²) in [7, 11) is 0. The molecule has 0 aliphatic heterocycles. The Morgan fingerprint density at radius 2 is 1.74 bits per heavy atom. The van der Waals surface area contributed by atoms with Gasteiger partial charge in [0, 0.05) is 6.04 Å². The zero-order chi connectivity index (χ0) is 13.8. The highest BCUT2D eigenvalue weighted by molar-refractivity contribution is 5.33. The molecule has 0 spiro atoms. The van der Waals surface area contributed by atoms with Crippen LogP contribution in [0.5, 0.6) is 0 Å². The predicted molar refractivity (Wildman–Crippen MR) is 79.0 cm³/mol. The van der Waals surface area contributed by atoms with Crippen LogP contribution in [0.4, 0.5) is 0 Å². The molecule has 2 aromatic rings. The highest BCUT2D eigenvalue weighted by Gasteiger charge is 2.18. The van der Waals surface area contributed by atoms with Gasteiger partial charge in [0.15, 0.2) is 0 Å². The van der Waals surface area contributed by atoms with Crippen LogP contribution in [0, 0.1) is 13.8 Å². The van der Waals surface area contributed by atoms with E-state index in [1.165, 1.54) is 5.56 Å². The summed E-state index contributed by atoms with van der Waals surface area (Å²) in [5.41, 5.74) is 10.5. The molecule has 2 atom stereocenters. The molecule has 0 aromatic heterocycles. The van der Waals surface area contributed by atoms with Crippen LogP contribution in [-0.4, -0.2) is 11.1 Å². The number of hydrogen-bond donors (Lipinski definition) is 2. The maximum Gasteiger partial charge on any atom is 0.0946 e. The van der Waals surface area contributed by atoms with Crippen molar-refractivity contribution in [2.45, 2.75) is 32.4 Å². The normalized spacial score (nSPS) is 14.1. The van der Waals surface area contributed by atoms with Crippen molar-refractivity contribution in [3.8, 4) is 0 Å². The van der Waals surface area contributed by atoms with E-state index < -0.39 is 6.10 Å². The van der Waals surface area contributed by atoms with E-state index in [4.69, 9.17) is 5.73 Å². The van der Waals surface area contributed by atoms with Gasteiger partial charge in [0.05, 0.1) is 6.10 Å². The van der Waals surface area contributed by atoms with Crippen LogP contribution >= 0.6 is 0 Å². The van der Waals surface area contributed by atoms with Crippen molar-refractivity contribution in [2.75, 3.05) is 0 Å². The summed E-state index contributed by atoms with van der Waals surface area (Å²) in [6.45, 7) is 4.06. The summed E-state index contributed by atoms with van der Waals surface area (Å²) in [5, 5.41) is 10.4. The first-order valence-electron chi connectivity index (χ1n) is 6.62. The first-order chi connectivity index (χ1) is 9.08. The molecule has 3 N–H and O–H groups in total. The summed E-state index contributed by atoms with van der Waals surface area (Å²) in [6.07, 6.45) is 0.0517. The molecule has 19 heavy (non-hydrogen) atoms. The number of nitrogens with two attached hydrogens (primary N) is 1. The Labute approximate surface area is 114 Å². The molecule has 0 amide bonds. The Hall–Kier alpha value is -1.64. The van der Waals surface area contributed by atoms with Crippen molar-refractivity contribution in [1.29, 1.82) is 0 Å². The lowest BCUT2D eigenvalue weighted by atomic mass is 9.93. The lowest BCUT2D eigenvalue weighted by molar-refractivity contribution is 0.145. The minimum atomic E-state index is -0.624. The maximum atomic E-state index is 10.4. The van der Waals surface area contributed by atoms with Crippen LogP contribution in [0.1, 0.15) is 28.4 Å². The van der Waals surface area contributed by atoms with E-state index in [0.29, 0.717) is 6.42 Å². The quantitative estimate of drug-likeness (QED) is 0.882. The highest BCUT2D eigenvalue weighted by Crippen LogP contribution is 2.22. The molecule has 0 saturated carbocycles. The topological polar surface area (TPSA) is 46.2 Å². The molecule has 0 fully saturated rings. The molecule has 0 aliphatic rings. The van der Waals surface area contributed by atoms with Gasteiger partial charge in [-0.2, -0.15) is 0 Å². The molecule has 2 rings (SSSR count). The van der Waals surface area contributed by atoms with Crippen molar-refractivity contribution in [1.82, 2.24) is 0 Å². The molecule has 0 saturated heterocycles. The molecule has 0 bridgehead atoms. The van der Waals surface area contributed by atoms with Crippen LogP contribution in [0.25, 0.3) is 0 Å². The van der Waals surface area contributed by atoms with Gasteiger partial charge in [-0.1, -0.05) is 54.1 Å². The van der Waals surface area contributed by atoms with Gasteiger partial charge in [-0.25, -0.2) is 0 Å². The van der Waals surface area contributed by atoms with Gasteiger partial charge in [-0.3, -0.25) is 0 Å². The number of aliphatic hydroxyl groups is 1. The first-order valence-corrected chi connectivity index (χ1v) is 6.62. The zero-order valence-corrected chi connectivity index (χ0v) is 11.5. The second-order valence-electron chi connectivity index (χ2n) is 5.16. The number of aliphatic hydroxyl groups excluding tert-OH is 1. The maximum absolute atomic E-state index is 10.4. The molecule has 0 aliphatic carbocycles. The average Bonchev–Trinajstić information content (AvgIpc) is 2.39. The molecule has 2 heteroatoms. The van der Waals surface area contributed by atoms with Crippen LogP contribution in [0.2, 0.25) is 0 Å². The van der Waals surface area contributed by atoms with Gasteiger partial charge in [0.25, 0.3) is 0 Å². The Morgan fingerprint density at radius 3 is 2.37 bits per heavy atom. The van der Waals surface area contributed by atoms with Crippen LogP contribution < -0.4 is 5.73 Å². The van der Waals surface area contributed by atoms with Crippen molar-refractivity contribution in [3.05, 3.63) is 70.8 Å². The second-order valence-corrected chi connectivity index (χ2v) is 5.16. The summed E-state index contributed by atoms with van der Waals surface area (Å²) >= 11 is 0. The monoisotopic (exact) mass is 255 g/mol. The third kappa shape index (κ3) is 3.43. The zero-order valence-electron chi connectivity index (χ0n) is 11.5. The highest BCUT2D eigenvalue weighted by atomic mass is 16.3. The van der Waals surface area contributed by atoms with Crippen molar-refractivity contribution in [2.24, 2.45) is 5.73 Å². The molecule has 0 heterocycles. The standard InChI is InChI=1S/C17H21NO/c1-12-8-9-15(13(2)10-12)17(19)16(18)11-14-6-4-3-5-7-14/h3-10,16-17,19H,11,18H2,1-2H3. The second kappa shape index (κ2) is 6.00. The van der Waals surface area contributed by atoms with Crippen molar-refractivity contribution >= 4 is 0 Å². The van der Waals surface area contributed by atoms with Crippen molar-refractivity contribution in [3.63, 3.8) is 0 Å². The van der Waals surface area contributed by atoms with Gasteiger partial charge >= 0.3 is 0 Å². The van der Waals surface area contributed by atoms with Crippen molar-refractivity contribution < 1.29 is 5.11 Å². The van der Waals surface area contributed by atoms with Gasteiger partial charge in [0.2, 0.25) is 0 Å². The molecular formula is C17H21NO. The Balaban J connectivity index is 2.12. The number of benzene rings is 2. The molecular weight excluding hydrogens is 234 g/mol. The Morgan fingerprint density at radius 1 is 1.05 bits per heavy atom. The first kappa shape index (κ1) is 13.8. The smallest absolute Gasteiger partial charge is 0.0946 e. The summed E-state index contributed by atoms with van der Waals surface area (Å²) < 4.78 is 0. The van der Waals surface area contributed by atoms with E-state index in [9.17, 15) is 5.11 Å². The molecule has 2 unspecified atom stereocenters. The van der Waals surface area contributed by atoms with E-state index in [1.807, 2.05) is 56.3 Å². The largest absolute Gasteiger partial charge is 0.387 e. The fraction of sp³-hybridized carbons (Fsp3) is 0.294. The summed E-state index contributed by atoms with van der Waals surface area (Å²) in [6, 6.07) is 15.8. The number of hydrogen-bond acceptors (Lipinski definition) is 2. The molecule has 100 valence electrons. The fourth-order valence-electron chi connectivity index (χ4n) is 2.39. The third-order valence-corrected chi connectivity index (χ3v) is 3.46. The van der Waals surface area contributed by atoms with Gasteiger partial charge in [0.1, 0.15) is 0 Å². The predicted octanol–water partition coefficient (Wildman–Crippen LogP) is 2.91. The van der Waals surface area contributed by atoms with E-state index in [2.05, 4.69) is 6.07 Å². The lowest BCUT2D eigenvalue weighted by Gasteiger charge is -2.21. The van der Waals surface area contributed by atoms with Crippen LogP contribution in [0.3, 0.4) is 0 Å². The van der Waals surface area contributed by atoms with E-state index in [0.717, 1.165) is 16.7 Å². The van der Waals surface area contributed by atoms with Crippen LogP contribution in [0.15, 0.2) is 48.5 Å². The minimum absolute atomic E-state index is 0.288. The Bertz CT molecular complexity index is 536. The SMILES string of the molecule is Cc1ccc(C(O)C(N)Cc2ccccc2)c(C)c1. The molecule has 2 aromatic carbocycles. The Kier molecular flexibility index (Phi) is 4.35. The fourth-order valence-corrected chi connectivity index (χ4v) is 2.39. The van der Waals surface area contributed by atoms with E-state index in [1.54, 1.807) is 0 Å². The van der Waals surface area contributed by atoms with Gasteiger partial charge < -0.3 is 10.8 Å². The minimum Gasteiger partial charge on any atom is -0.387 e.